The summed E-state index contributed by atoms with van der Waals surface area (Å²) in [7, 11) is 1.59. The Hall–Kier alpha value is -2.38. The van der Waals surface area contributed by atoms with Crippen molar-refractivity contribution in [2.24, 2.45) is 5.92 Å². The predicted octanol–water partition coefficient (Wildman–Crippen LogP) is -0.362. The summed E-state index contributed by atoms with van der Waals surface area (Å²) in [5.41, 5.74) is 1.13. The SMILES string of the molecule is CNC(=O)C1CC(=O)N(C2CN(C(=O)c3ncc4n3CCCC4)C2)C1. The lowest BCUT2D eigenvalue weighted by atomic mass is 10.1. The number of nitrogens with zero attached hydrogens (tertiary/aromatic N) is 4. The minimum absolute atomic E-state index is 0.00360. The van der Waals surface area contributed by atoms with Gasteiger partial charge in [0.25, 0.3) is 5.91 Å². The second-order valence-corrected chi connectivity index (χ2v) is 7.11. The van der Waals surface area contributed by atoms with Gasteiger partial charge in [0.2, 0.25) is 11.8 Å². The van der Waals surface area contributed by atoms with Crippen LogP contribution in [-0.2, 0) is 22.6 Å². The lowest BCUT2D eigenvalue weighted by Crippen LogP contribution is -2.61. The van der Waals surface area contributed by atoms with Gasteiger partial charge in [0.1, 0.15) is 0 Å². The van der Waals surface area contributed by atoms with Crippen LogP contribution in [-0.4, -0.2) is 69.8 Å². The number of aryl methyl sites for hydroxylation is 1. The average Bonchev–Trinajstić information content (AvgIpc) is 3.17. The summed E-state index contributed by atoms with van der Waals surface area (Å²) in [5.74, 6) is 0.0978. The van der Waals surface area contributed by atoms with Crippen LogP contribution in [0.5, 0.6) is 0 Å². The highest BCUT2D eigenvalue weighted by Gasteiger charge is 2.44. The molecule has 0 bridgehead atoms. The molecule has 25 heavy (non-hydrogen) atoms. The topological polar surface area (TPSA) is 87.5 Å². The number of carbonyl (C=O) groups excluding carboxylic acids is 3. The molecule has 4 heterocycles. The smallest absolute Gasteiger partial charge is 0.290 e. The van der Waals surface area contributed by atoms with Gasteiger partial charge in [-0.25, -0.2) is 4.98 Å². The molecule has 1 aromatic heterocycles. The average molecular weight is 345 g/mol. The summed E-state index contributed by atoms with van der Waals surface area (Å²) >= 11 is 0. The predicted molar refractivity (Wildman–Crippen MR) is 88.7 cm³/mol. The fraction of sp³-hybridized carbons (Fsp3) is 0.647. The standard InChI is InChI=1S/C17H23N5O3/c1-18-16(24)11-6-14(23)22(8-11)13-9-20(10-13)17(25)15-19-7-12-4-2-3-5-21(12)15/h7,11,13H,2-6,8-10H2,1H3,(H,18,24). The normalized spacial score (nSPS) is 23.4. The first-order valence-electron chi connectivity index (χ1n) is 8.93. The molecule has 0 aromatic carbocycles. The van der Waals surface area contributed by atoms with Crippen LogP contribution in [0.3, 0.4) is 0 Å². The fourth-order valence-electron chi connectivity index (χ4n) is 4.03. The molecule has 1 N–H and O–H groups in total. The molecule has 3 aliphatic rings. The third-order valence-electron chi connectivity index (χ3n) is 5.56. The van der Waals surface area contributed by atoms with Gasteiger partial charge < -0.3 is 19.7 Å². The van der Waals surface area contributed by atoms with Gasteiger partial charge in [0.15, 0.2) is 5.82 Å². The highest BCUT2D eigenvalue weighted by atomic mass is 16.2. The molecule has 134 valence electrons. The molecule has 1 unspecified atom stereocenters. The largest absolute Gasteiger partial charge is 0.359 e. The van der Waals surface area contributed by atoms with Crippen LogP contribution in [0.15, 0.2) is 6.20 Å². The zero-order valence-electron chi connectivity index (χ0n) is 14.4. The molecule has 0 spiro atoms. The molecule has 3 aliphatic heterocycles. The van der Waals surface area contributed by atoms with Gasteiger partial charge in [-0.15, -0.1) is 0 Å². The van der Waals surface area contributed by atoms with Crippen molar-refractivity contribution in [3.63, 3.8) is 0 Å². The molecule has 2 fully saturated rings. The van der Waals surface area contributed by atoms with Gasteiger partial charge >= 0.3 is 0 Å². The van der Waals surface area contributed by atoms with Crippen LogP contribution in [0.25, 0.3) is 0 Å². The number of carbonyl (C=O) groups is 3. The van der Waals surface area contributed by atoms with E-state index in [4.69, 9.17) is 0 Å². The molecular formula is C17H23N5O3. The molecule has 4 rings (SSSR count). The first kappa shape index (κ1) is 16.1. The molecule has 3 amide bonds. The van der Waals surface area contributed by atoms with E-state index in [9.17, 15) is 14.4 Å². The van der Waals surface area contributed by atoms with Crippen LogP contribution in [0, 0.1) is 5.92 Å². The van der Waals surface area contributed by atoms with Gasteiger partial charge in [-0.1, -0.05) is 0 Å². The number of aromatic nitrogens is 2. The minimum Gasteiger partial charge on any atom is -0.359 e. The van der Waals surface area contributed by atoms with Crippen molar-refractivity contribution in [1.82, 2.24) is 24.7 Å². The van der Waals surface area contributed by atoms with Gasteiger partial charge in [0.05, 0.1) is 12.0 Å². The van der Waals surface area contributed by atoms with Crippen LogP contribution in [0.4, 0.5) is 0 Å². The molecule has 0 saturated carbocycles. The van der Waals surface area contributed by atoms with E-state index in [0.29, 0.717) is 25.5 Å². The monoisotopic (exact) mass is 345 g/mol. The summed E-state index contributed by atoms with van der Waals surface area (Å²) in [4.78, 5) is 44.4. The van der Waals surface area contributed by atoms with Crippen molar-refractivity contribution < 1.29 is 14.4 Å². The second-order valence-electron chi connectivity index (χ2n) is 7.11. The van der Waals surface area contributed by atoms with Crippen molar-refractivity contribution >= 4 is 17.7 Å². The minimum atomic E-state index is -0.276. The van der Waals surface area contributed by atoms with Crippen molar-refractivity contribution in [2.45, 2.75) is 38.3 Å². The Bertz CT molecular complexity index is 722. The molecule has 2 saturated heterocycles. The maximum Gasteiger partial charge on any atom is 0.290 e. The fourth-order valence-corrected chi connectivity index (χ4v) is 4.03. The summed E-state index contributed by atoms with van der Waals surface area (Å²) < 4.78 is 2.03. The molecule has 1 atom stereocenters. The quantitative estimate of drug-likeness (QED) is 0.810. The van der Waals surface area contributed by atoms with Crippen LogP contribution >= 0.6 is 0 Å². The van der Waals surface area contributed by atoms with E-state index in [1.807, 2.05) is 10.8 Å². The summed E-state index contributed by atoms with van der Waals surface area (Å²) in [6.45, 7) is 2.34. The van der Waals surface area contributed by atoms with E-state index >= 15 is 0 Å². The van der Waals surface area contributed by atoms with Gasteiger partial charge in [-0.2, -0.15) is 0 Å². The Morgan fingerprint density at radius 1 is 1.24 bits per heavy atom. The molecule has 0 radical (unpaired) electrons. The maximum atomic E-state index is 12.7. The van der Waals surface area contributed by atoms with Crippen LogP contribution in [0.1, 0.15) is 35.6 Å². The number of fused-ring (bicyclic) bond motifs is 1. The highest BCUT2D eigenvalue weighted by Crippen LogP contribution is 2.26. The first-order valence-corrected chi connectivity index (χ1v) is 8.93. The lowest BCUT2D eigenvalue weighted by Gasteiger charge is -2.43. The van der Waals surface area contributed by atoms with Crippen molar-refractivity contribution in [1.29, 1.82) is 0 Å². The molecule has 8 heteroatoms. The third kappa shape index (κ3) is 2.69. The molecule has 8 nitrogen and oxygen atoms in total. The van der Waals surface area contributed by atoms with Crippen molar-refractivity contribution in [3.8, 4) is 0 Å². The molecular weight excluding hydrogens is 322 g/mol. The van der Waals surface area contributed by atoms with Crippen molar-refractivity contribution in [3.05, 3.63) is 17.7 Å². The van der Waals surface area contributed by atoms with E-state index in [1.165, 1.54) is 0 Å². The van der Waals surface area contributed by atoms with E-state index in [0.717, 1.165) is 31.5 Å². The lowest BCUT2D eigenvalue weighted by molar-refractivity contribution is -0.132. The van der Waals surface area contributed by atoms with Crippen molar-refractivity contribution in [2.75, 3.05) is 26.7 Å². The van der Waals surface area contributed by atoms with Crippen LogP contribution < -0.4 is 5.32 Å². The Morgan fingerprint density at radius 3 is 2.80 bits per heavy atom. The molecule has 1 aromatic rings. The summed E-state index contributed by atoms with van der Waals surface area (Å²) in [6, 6.07) is 0.0156. The Morgan fingerprint density at radius 2 is 2.04 bits per heavy atom. The molecule has 0 aliphatic carbocycles. The first-order chi connectivity index (χ1) is 12.1. The Labute approximate surface area is 146 Å². The second kappa shape index (κ2) is 6.16. The number of imidazole rings is 1. The number of nitrogens with one attached hydrogen (secondary N) is 1. The van der Waals surface area contributed by atoms with E-state index < -0.39 is 0 Å². The van der Waals surface area contributed by atoms with Gasteiger partial charge in [-0.05, 0) is 19.3 Å². The van der Waals surface area contributed by atoms with E-state index in [1.54, 1.807) is 16.8 Å². The van der Waals surface area contributed by atoms with Gasteiger partial charge in [0, 0.05) is 51.5 Å². The highest BCUT2D eigenvalue weighted by molar-refractivity contribution is 5.92. The zero-order chi connectivity index (χ0) is 17.6. The number of rotatable bonds is 3. The number of hydrogen-bond donors (Lipinski definition) is 1. The maximum absolute atomic E-state index is 12.7. The Balaban J connectivity index is 1.37. The van der Waals surface area contributed by atoms with E-state index in [2.05, 4.69) is 10.3 Å². The Kier molecular flexibility index (Phi) is 3.97. The summed E-state index contributed by atoms with van der Waals surface area (Å²) in [6.07, 6.45) is 5.27. The third-order valence-corrected chi connectivity index (χ3v) is 5.56. The number of hydrogen-bond acceptors (Lipinski definition) is 4. The van der Waals surface area contributed by atoms with Gasteiger partial charge in [-0.3, -0.25) is 14.4 Å². The number of amides is 3. The van der Waals surface area contributed by atoms with Crippen LogP contribution in [0.2, 0.25) is 0 Å². The van der Waals surface area contributed by atoms with E-state index in [-0.39, 0.29) is 36.1 Å². The summed E-state index contributed by atoms with van der Waals surface area (Å²) in [5, 5.41) is 2.60. The zero-order valence-corrected chi connectivity index (χ0v) is 14.4. The number of likely N-dealkylation sites (tertiary alicyclic amines) is 2.